The van der Waals surface area contributed by atoms with E-state index < -0.39 is 41.9 Å². The van der Waals surface area contributed by atoms with E-state index in [1.54, 1.807) is 0 Å². The van der Waals surface area contributed by atoms with Gasteiger partial charge < -0.3 is 31.9 Å². The smallest absolute Gasteiger partial charge is 0.243 e. The van der Waals surface area contributed by atoms with Crippen LogP contribution in [0.5, 0.6) is 0 Å². The summed E-state index contributed by atoms with van der Waals surface area (Å²) in [6.45, 7) is 7.03. The van der Waals surface area contributed by atoms with Crippen LogP contribution in [-0.2, 0) is 36.8 Å². The van der Waals surface area contributed by atoms with Crippen LogP contribution in [0, 0.1) is 5.92 Å². The molecule has 0 bridgehead atoms. The fraction of sp³-hybridized carbons (Fsp3) is 0.469. The molecule has 5 atom stereocenters. The summed E-state index contributed by atoms with van der Waals surface area (Å²) in [4.78, 5) is 65.7. The summed E-state index contributed by atoms with van der Waals surface area (Å²) in [5.41, 5.74) is 1.78. The van der Waals surface area contributed by atoms with E-state index in [9.17, 15) is 24.0 Å². The average molecular weight is 593 g/mol. The molecule has 0 aliphatic carbocycles. The predicted molar refractivity (Wildman–Crippen MR) is 164 cm³/mol. The number of rotatable bonds is 6. The second-order valence-corrected chi connectivity index (χ2v) is 11.5. The van der Waals surface area contributed by atoms with Crippen molar-refractivity contribution >= 4 is 29.5 Å². The molecule has 43 heavy (non-hydrogen) atoms. The Balaban J connectivity index is 1.86. The molecule has 1 unspecified atom stereocenters. The zero-order chi connectivity index (χ0) is 31.4. The Kier molecular flexibility index (Phi) is 12.7. The van der Waals surface area contributed by atoms with E-state index in [-0.39, 0.29) is 43.3 Å². The van der Waals surface area contributed by atoms with E-state index in [1.807, 2.05) is 81.4 Å². The third kappa shape index (κ3) is 11.2. The number of amides is 5. The molecule has 232 valence electrons. The summed E-state index contributed by atoms with van der Waals surface area (Å²) in [6.07, 6.45) is 0.933. The molecular formula is C32H44N6O5. The van der Waals surface area contributed by atoms with Crippen LogP contribution in [0.1, 0.15) is 45.2 Å². The first-order chi connectivity index (χ1) is 20.5. The number of carbonyl (C=O) groups excluding carboxylic acids is 5. The Bertz CT molecular complexity index is 1240. The molecular weight excluding hydrogens is 548 g/mol. The molecule has 1 aliphatic heterocycles. The SMILES string of the molecule is CC(C)C[C@@H]1NC(=O)CNC(=O)[C@H](C)NC(=O)[C@H](Cc2ccccc2)NC(C)CNC(=O)[C@H](Cc2ccccc2)NC1=O. The van der Waals surface area contributed by atoms with E-state index in [0.717, 1.165) is 11.1 Å². The van der Waals surface area contributed by atoms with Gasteiger partial charge in [-0.3, -0.25) is 24.0 Å². The summed E-state index contributed by atoms with van der Waals surface area (Å²) in [6, 6.07) is 15.0. The maximum Gasteiger partial charge on any atom is 0.243 e. The minimum atomic E-state index is -0.914. The van der Waals surface area contributed by atoms with Crippen LogP contribution in [0.3, 0.4) is 0 Å². The number of hydrogen-bond acceptors (Lipinski definition) is 6. The molecule has 0 radical (unpaired) electrons. The van der Waals surface area contributed by atoms with Crippen molar-refractivity contribution in [1.29, 1.82) is 0 Å². The van der Waals surface area contributed by atoms with Crippen molar-refractivity contribution in [1.82, 2.24) is 31.9 Å². The summed E-state index contributed by atoms with van der Waals surface area (Å²) in [5.74, 6) is -2.28. The Morgan fingerprint density at radius 2 is 1.21 bits per heavy atom. The van der Waals surface area contributed by atoms with E-state index in [0.29, 0.717) is 12.8 Å². The lowest BCUT2D eigenvalue weighted by atomic mass is 10.0. The van der Waals surface area contributed by atoms with E-state index in [4.69, 9.17) is 0 Å². The van der Waals surface area contributed by atoms with Crippen LogP contribution in [0.15, 0.2) is 60.7 Å². The molecule has 0 saturated carbocycles. The monoisotopic (exact) mass is 592 g/mol. The molecule has 11 heteroatoms. The first-order valence-electron chi connectivity index (χ1n) is 14.8. The van der Waals surface area contributed by atoms with Gasteiger partial charge in [0.05, 0.1) is 12.6 Å². The number of hydrogen-bond donors (Lipinski definition) is 6. The molecule has 2 aromatic rings. The molecule has 0 aromatic heterocycles. The lowest BCUT2D eigenvalue weighted by Gasteiger charge is -2.27. The van der Waals surface area contributed by atoms with Crippen molar-refractivity contribution in [3.63, 3.8) is 0 Å². The van der Waals surface area contributed by atoms with Crippen molar-refractivity contribution in [2.75, 3.05) is 13.1 Å². The van der Waals surface area contributed by atoms with E-state index >= 15 is 0 Å². The Labute approximate surface area is 253 Å². The van der Waals surface area contributed by atoms with Gasteiger partial charge in [0.15, 0.2) is 0 Å². The minimum absolute atomic E-state index is 0.0656. The van der Waals surface area contributed by atoms with Gasteiger partial charge in [0.1, 0.15) is 18.1 Å². The highest BCUT2D eigenvalue weighted by Gasteiger charge is 2.29. The Morgan fingerprint density at radius 1 is 0.651 bits per heavy atom. The quantitative estimate of drug-likeness (QED) is 0.288. The normalized spacial score (nSPS) is 25.0. The van der Waals surface area contributed by atoms with Gasteiger partial charge in [0.2, 0.25) is 29.5 Å². The van der Waals surface area contributed by atoms with Crippen LogP contribution < -0.4 is 31.9 Å². The van der Waals surface area contributed by atoms with Gasteiger partial charge in [-0.15, -0.1) is 0 Å². The highest BCUT2D eigenvalue weighted by Crippen LogP contribution is 2.09. The van der Waals surface area contributed by atoms with Crippen molar-refractivity contribution in [3.8, 4) is 0 Å². The zero-order valence-electron chi connectivity index (χ0n) is 25.3. The third-order valence-corrected chi connectivity index (χ3v) is 7.12. The van der Waals surface area contributed by atoms with Crippen molar-refractivity contribution < 1.29 is 24.0 Å². The van der Waals surface area contributed by atoms with Gasteiger partial charge in [-0.05, 0) is 43.7 Å². The summed E-state index contributed by atoms with van der Waals surface area (Å²) in [5, 5.41) is 17.0. The first kappa shape index (κ1) is 33.3. The van der Waals surface area contributed by atoms with Gasteiger partial charge in [0, 0.05) is 19.0 Å². The standard InChI is InChI=1S/C32H44N6O5/c1-20(2)15-25-32(43)38-26(16-23-11-7-5-8-12-23)30(41)33-18-21(3)35-27(17-24-13-9-6-10-14-24)31(42)36-22(4)29(40)34-19-28(39)37-25/h5-14,20-22,25-27,35H,15-19H2,1-4H3,(H,33,41)(H,34,40)(H,36,42)(H,37,39)(H,38,43)/t21?,22-,25-,26-,27-/m0/s1. The van der Waals surface area contributed by atoms with Gasteiger partial charge in [-0.2, -0.15) is 0 Å². The molecule has 1 aliphatic rings. The predicted octanol–water partition coefficient (Wildman–Crippen LogP) is 0.585. The van der Waals surface area contributed by atoms with Crippen molar-refractivity contribution in [3.05, 3.63) is 71.8 Å². The fourth-order valence-electron chi connectivity index (χ4n) is 4.84. The highest BCUT2D eigenvalue weighted by molar-refractivity contribution is 5.94. The second kappa shape index (κ2) is 16.4. The molecule has 0 spiro atoms. The van der Waals surface area contributed by atoms with Crippen LogP contribution in [0.4, 0.5) is 0 Å². The van der Waals surface area contributed by atoms with Gasteiger partial charge in [0.25, 0.3) is 0 Å². The van der Waals surface area contributed by atoms with Crippen LogP contribution in [0.2, 0.25) is 0 Å². The largest absolute Gasteiger partial charge is 0.353 e. The average Bonchev–Trinajstić information content (AvgIpc) is 2.97. The second-order valence-electron chi connectivity index (χ2n) is 11.5. The van der Waals surface area contributed by atoms with Crippen LogP contribution in [-0.4, -0.2) is 72.8 Å². The third-order valence-electron chi connectivity index (χ3n) is 7.12. The number of carbonyl (C=O) groups is 5. The van der Waals surface area contributed by atoms with Gasteiger partial charge in [-0.25, -0.2) is 0 Å². The van der Waals surface area contributed by atoms with E-state index in [1.165, 1.54) is 6.92 Å². The molecule has 5 amide bonds. The number of benzene rings is 2. The maximum absolute atomic E-state index is 13.4. The summed E-state index contributed by atoms with van der Waals surface area (Å²) < 4.78 is 0. The summed E-state index contributed by atoms with van der Waals surface area (Å²) in [7, 11) is 0. The first-order valence-corrected chi connectivity index (χ1v) is 14.8. The van der Waals surface area contributed by atoms with Gasteiger partial charge >= 0.3 is 0 Å². The molecule has 1 heterocycles. The number of nitrogens with one attached hydrogen (secondary N) is 6. The molecule has 1 fully saturated rings. The summed E-state index contributed by atoms with van der Waals surface area (Å²) >= 11 is 0. The molecule has 3 rings (SSSR count). The zero-order valence-corrected chi connectivity index (χ0v) is 25.3. The molecule has 2 aromatic carbocycles. The van der Waals surface area contributed by atoms with Crippen LogP contribution >= 0.6 is 0 Å². The fourth-order valence-corrected chi connectivity index (χ4v) is 4.84. The minimum Gasteiger partial charge on any atom is -0.353 e. The van der Waals surface area contributed by atoms with Crippen molar-refractivity contribution in [2.45, 2.75) is 77.2 Å². The topological polar surface area (TPSA) is 158 Å². The maximum atomic E-state index is 13.4. The van der Waals surface area contributed by atoms with Crippen molar-refractivity contribution in [2.24, 2.45) is 5.92 Å². The Hall–Kier alpha value is -4.25. The molecule has 6 N–H and O–H groups in total. The van der Waals surface area contributed by atoms with Crippen LogP contribution in [0.25, 0.3) is 0 Å². The van der Waals surface area contributed by atoms with Gasteiger partial charge in [-0.1, -0.05) is 74.5 Å². The Morgan fingerprint density at radius 3 is 1.79 bits per heavy atom. The molecule has 1 saturated heterocycles. The lowest BCUT2D eigenvalue weighted by Crippen LogP contribution is -2.58. The van der Waals surface area contributed by atoms with E-state index in [2.05, 4.69) is 31.9 Å². The molecule has 11 nitrogen and oxygen atoms in total. The lowest BCUT2D eigenvalue weighted by molar-refractivity contribution is -0.133. The highest BCUT2D eigenvalue weighted by atomic mass is 16.2.